The van der Waals surface area contributed by atoms with Gasteiger partial charge in [0.2, 0.25) is 0 Å². The lowest BCUT2D eigenvalue weighted by Gasteiger charge is -2.12. The van der Waals surface area contributed by atoms with Gasteiger partial charge in [-0.05, 0) is 18.8 Å². The SMILES string of the molecule is CC(C)CNC(=O)c1c(NC(=O)Oc2nc(C3CC3)cnc2Nc2cncnc2)cnn1C. The summed E-state index contributed by atoms with van der Waals surface area (Å²) >= 11 is 0. The molecule has 0 atom stereocenters. The Kier molecular flexibility index (Phi) is 6.43. The molecule has 0 aliphatic heterocycles. The van der Waals surface area contributed by atoms with Crippen molar-refractivity contribution in [2.45, 2.75) is 32.6 Å². The minimum atomic E-state index is -0.824. The fourth-order valence-corrected chi connectivity index (χ4v) is 3.02. The molecule has 0 spiro atoms. The van der Waals surface area contributed by atoms with E-state index >= 15 is 0 Å². The van der Waals surface area contributed by atoms with Crippen molar-refractivity contribution in [1.29, 1.82) is 0 Å². The summed E-state index contributed by atoms with van der Waals surface area (Å²) in [6.45, 7) is 4.48. The Morgan fingerprint density at radius 2 is 1.94 bits per heavy atom. The number of anilines is 3. The van der Waals surface area contributed by atoms with Crippen molar-refractivity contribution in [2.75, 3.05) is 17.2 Å². The maximum atomic E-state index is 12.7. The third kappa shape index (κ3) is 5.59. The highest BCUT2D eigenvalue weighted by atomic mass is 16.6. The summed E-state index contributed by atoms with van der Waals surface area (Å²) in [5, 5.41) is 12.5. The van der Waals surface area contributed by atoms with Crippen molar-refractivity contribution in [2.24, 2.45) is 13.0 Å². The first-order valence-electron chi connectivity index (χ1n) is 10.6. The molecule has 0 saturated heterocycles. The van der Waals surface area contributed by atoms with Crippen LogP contribution in [0.5, 0.6) is 5.88 Å². The van der Waals surface area contributed by atoms with Crippen LogP contribution in [-0.4, -0.2) is 48.3 Å². The molecule has 0 radical (unpaired) electrons. The Balaban J connectivity index is 1.51. The van der Waals surface area contributed by atoms with Gasteiger partial charge in [0.1, 0.15) is 12.0 Å². The van der Waals surface area contributed by atoms with E-state index in [1.165, 1.54) is 17.2 Å². The summed E-state index contributed by atoms with van der Waals surface area (Å²) in [6.07, 6.45) is 8.78. The van der Waals surface area contributed by atoms with E-state index in [-0.39, 0.29) is 34.9 Å². The summed E-state index contributed by atoms with van der Waals surface area (Å²) in [6, 6.07) is 0. The molecule has 3 N–H and O–H groups in total. The number of hydrogen-bond donors (Lipinski definition) is 3. The normalized spacial score (nSPS) is 13.0. The predicted octanol–water partition coefficient (Wildman–Crippen LogP) is 2.62. The maximum Gasteiger partial charge on any atom is 0.418 e. The molecular formula is C21H25N9O3. The monoisotopic (exact) mass is 451 g/mol. The van der Waals surface area contributed by atoms with E-state index in [4.69, 9.17) is 4.74 Å². The zero-order chi connectivity index (χ0) is 23.4. The van der Waals surface area contributed by atoms with E-state index in [0.29, 0.717) is 18.2 Å². The molecule has 2 amide bonds. The van der Waals surface area contributed by atoms with E-state index in [1.807, 2.05) is 13.8 Å². The van der Waals surface area contributed by atoms with Crippen LogP contribution in [0.15, 0.2) is 31.1 Å². The first-order chi connectivity index (χ1) is 15.9. The standard InChI is InChI=1S/C21H25N9O3/c1-12(2)6-25-19(31)17-16(10-26-30(17)3)29-21(32)33-20-18(27-14-7-22-11-23-8-14)24-9-15(28-20)13-4-5-13/h7-13H,4-6H2,1-3H3,(H,24,27)(H,25,31)(H,29,32). The average Bonchev–Trinajstić information content (AvgIpc) is 3.57. The van der Waals surface area contributed by atoms with Gasteiger partial charge in [0.05, 0.1) is 41.9 Å². The molecule has 3 aromatic heterocycles. The lowest BCUT2D eigenvalue weighted by molar-refractivity contribution is 0.0940. The molecule has 1 aliphatic carbocycles. The largest absolute Gasteiger partial charge is 0.418 e. The second-order valence-electron chi connectivity index (χ2n) is 8.12. The summed E-state index contributed by atoms with van der Waals surface area (Å²) in [5.41, 5.74) is 1.75. The van der Waals surface area contributed by atoms with E-state index in [9.17, 15) is 9.59 Å². The summed E-state index contributed by atoms with van der Waals surface area (Å²) in [4.78, 5) is 42.0. The minimum absolute atomic E-state index is 0.00968. The third-order valence-electron chi connectivity index (χ3n) is 4.83. The molecule has 12 nitrogen and oxygen atoms in total. The molecule has 3 aromatic rings. The fraction of sp³-hybridized carbons (Fsp3) is 0.381. The highest BCUT2D eigenvalue weighted by Gasteiger charge is 2.27. The maximum absolute atomic E-state index is 12.7. The average molecular weight is 451 g/mol. The van der Waals surface area contributed by atoms with Crippen molar-refractivity contribution in [3.8, 4) is 5.88 Å². The van der Waals surface area contributed by atoms with Crippen LogP contribution >= 0.6 is 0 Å². The van der Waals surface area contributed by atoms with E-state index in [2.05, 4.69) is 41.0 Å². The summed E-state index contributed by atoms with van der Waals surface area (Å²) < 4.78 is 6.88. The van der Waals surface area contributed by atoms with Gasteiger partial charge in [-0.15, -0.1) is 0 Å². The Hall–Kier alpha value is -4.09. The predicted molar refractivity (Wildman–Crippen MR) is 119 cm³/mol. The first kappa shape index (κ1) is 22.1. The van der Waals surface area contributed by atoms with Gasteiger partial charge in [-0.25, -0.2) is 24.7 Å². The highest BCUT2D eigenvalue weighted by Crippen LogP contribution is 2.40. The smallest absolute Gasteiger partial charge is 0.387 e. The number of nitrogens with zero attached hydrogens (tertiary/aromatic N) is 6. The summed E-state index contributed by atoms with van der Waals surface area (Å²) in [7, 11) is 1.62. The summed E-state index contributed by atoms with van der Waals surface area (Å²) in [5.74, 6) is 0.496. The van der Waals surface area contributed by atoms with Gasteiger partial charge < -0.3 is 15.4 Å². The quantitative estimate of drug-likeness (QED) is 0.470. The molecule has 1 fully saturated rings. The van der Waals surface area contributed by atoms with Crippen LogP contribution in [0.3, 0.4) is 0 Å². The number of hydrogen-bond acceptors (Lipinski definition) is 9. The molecule has 12 heteroatoms. The molecule has 1 saturated carbocycles. The molecule has 0 aromatic carbocycles. The van der Waals surface area contributed by atoms with Crippen molar-refractivity contribution in [3.05, 3.63) is 42.5 Å². The van der Waals surface area contributed by atoms with Gasteiger partial charge in [0, 0.05) is 19.5 Å². The Labute approximate surface area is 190 Å². The second-order valence-corrected chi connectivity index (χ2v) is 8.12. The van der Waals surface area contributed by atoms with Crippen molar-refractivity contribution < 1.29 is 14.3 Å². The van der Waals surface area contributed by atoms with E-state index < -0.39 is 6.09 Å². The number of aromatic nitrogens is 6. The molecule has 0 unspecified atom stereocenters. The lowest BCUT2D eigenvalue weighted by Crippen LogP contribution is -2.30. The number of nitrogens with one attached hydrogen (secondary N) is 3. The molecular weight excluding hydrogens is 426 g/mol. The van der Waals surface area contributed by atoms with E-state index in [0.717, 1.165) is 18.5 Å². The highest BCUT2D eigenvalue weighted by molar-refractivity contribution is 6.01. The van der Waals surface area contributed by atoms with Gasteiger partial charge in [-0.3, -0.25) is 14.8 Å². The number of carbonyl (C=O) groups is 2. The molecule has 33 heavy (non-hydrogen) atoms. The minimum Gasteiger partial charge on any atom is -0.387 e. The lowest BCUT2D eigenvalue weighted by atomic mass is 10.2. The van der Waals surface area contributed by atoms with Crippen LogP contribution < -0.4 is 20.7 Å². The Bertz CT molecular complexity index is 1140. The number of carbonyl (C=O) groups excluding carboxylic acids is 2. The topological polar surface area (TPSA) is 149 Å². The van der Waals surface area contributed by atoms with Crippen LogP contribution in [0.4, 0.5) is 22.0 Å². The first-order valence-corrected chi connectivity index (χ1v) is 10.6. The zero-order valence-electron chi connectivity index (χ0n) is 18.6. The Morgan fingerprint density at radius 3 is 2.64 bits per heavy atom. The fourth-order valence-electron chi connectivity index (χ4n) is 3.02. The number of amides is 2. The second kappa shape index (κ2) is 9.59. The molecule has 172 valence electrons. The van der Waals surface area contributed by atoms with Gasteiger partial charge >= 0.3 is 6.09 Å². The zero-order valence-corrected chi connectivity index (χ0v) is 18.6. The van der Waals surface area contributed by atoms with Gasteiger partial charge in [0.25, 0.3) is 11.8 Å². The van der Waals surface area contributed by atoms with Gasteiger partial charge in [-0.2, -0.15) is 5.10 Å². The molecule has 1 aliphatic rings. The van der Waals surface area contributed by atoms with E-state index in [1.54, 1.807) is 25.6 Å². The van der Waals surface area contributed by atoms with Crippen LogP contribution in [0.1, 0.15) is 48.8 Å². The van der Waals surface area contributed by atoms with Crippen LogP contribution in [-0.2, 0) is 7.05 Å². The van der Waals surface area contributed by atoms with Crippen molar-refractivity contribution >= 4 is 29.2 Å². The number of aryl methyl sites for hydroxylation is 1. The van der Waals surface area contributed by atoms with Crippen molar-refractivity contribution in [1.82, 2.24) is 35.0 Å². The number of ether oxygens (including phenoxy) is 1. The number of rotatable bonds is 8. The van der Waals surface area contributed by atoms with Gasteiger partial charge in [-0.1, -0.05) is 13.8 Å². The molecule has 4 rings (SSSR count). The molecule has 3 heterocycles. The van der Waals surface area contributed by atoms with Crippen LogP contribution in [0, 0.1) is 5.92 Å². The van der Waals surface area contributed by atoms with Crippen LogP contribution in [0.25, 0.3) is 0 Å². The molecule has 0 bridgehead atoms. The Morgan fingerprint density at radius 1 is 1.18 bits per heavy atom. The van der Waals surface area contributed by atoms with Gasteiger partial charge in [0.15, 0.2) is 5.82 Å². The van der Waals surface area contributed by atoms with Crippen molar-refractivity contribution in [3.63, 3.8) is 0 Å². The third-order valence-corrected chi connectivity index (χ3v) is 4.83. The van der Waals surface area contributed by atoms with Crippen LogP contribution in [0.2, 0.25) is 0 Å².